The van der Waals surface area contributed by atoms with Crippen LogP contribution in [0.3, 0.4) is 0 Å². The molecule has 1 rings (SSSR count). The minimum absolute atomic E-state index is 0.0831. The number of Topliss-reactive ketones (excluding diaryl/α,β-unsaturated/α-hetero) is 2. The molecule has 0 aliphatic carbocycles. The van der Waals surface area contributed by atoms with E-state index >= 15 is 0 Å². The van der Waals surface area contributed by atoms with Crippen molar-refractivity contribution in [2.24, 2.45) is 0 Å². The van der Waals surface area contributed by atoms with E-state index in [-0.39, 0.29) is 17.9 Å². The van der Waals surface area contributed by atoms with E-state index in [9.17, 15) is 20.0 Å². The summed E-state index contributed by atoms with van der Waals surface area (Å²) < 4.78 is 0.484. The molecule has 0 bridgehead atoms. The number of rotatable bonds is 3. The highest BCUT2D eigenvalue weighted by molar-refractivity contribution is 6.43. The van der Waals surface area contributed by atoms with Crippen LogP contribution in [0, 0.1) is 5.21 Å². The third kappa shape index (κ3) is 1.98. The second-order valence-electron chi connectivity index (χ2n) is 5.31. The van der Waals surface area contributed by atoms with Crippen molar-refractivity contribution in [1.29, 1.82) is 0 Å². The molecule has 0 aromatic rings. The minimum Gasteiger partial charge on any atom is -0.622 e. The van der Waals surface area contributed by atoms with E-state index in [1.807, 2.05) is 0 Å². The fraction of sp³-hybridized carbons (Fsp3) is 0.727. The van der Waals surface area contributed by atoms with Gasteiger partial charge in [0.05, 0.1) is 6.42 Å². The van der Waals surface area contributed by atoms with E-state index in [4.69, 9.17) is 0 Å². The van der Waals surface area contributed by atoms with E-state index in [1.54, 1.807) is 13.8 Å². The topological polar surface area (TPSA) is 83.7 Å². The molecule has 6 heteroatoms. The standard InChI is InChI=1S/C11H18N2O4/c1-7(14)6-8(15)9-10(2,3)13(17)11(4,5)12(9)16/h17H,6H2,1-5H3. The van der Waals surface area contributed by atoms with Gasteiger partial charge in [-0.15, -0.1) is 5.06 Å². The van der Waals surface area contributed by atoms with Gasteiger partial charge >= 0.3 is 0 Å². The van der Waals surface area contributed by atoms with E-state index in [2.05, 4.69) is 0 Å². The van der Waals surface area contributed by atoms with Crippen molar-refractivity contribution in [3.8, 4) is 0 Å². The van der Waals surface area contributed by atoms with Crippen LogP contribution in [0.4, 0.5) is 0 Å². The molecular formula is C11H18N2O4. The van der Waals surface area contributed by atoms with Crippen molar-refractivity contribution in [2.45, 2.75) is 52.2 Å². The maximum atomic E-state index is 12.0. The fourth-order valence-corrected chi connectivity index (χ4v) is 2.16. The molecular weight excluding hydrogens is 224 g/mol. The van der Waals surface area contributed by atoms with Gasteiger partial charge in [0.1, 0.15) is 11.3 Å². The lowest BCUT2D eigenvalue weighted by molar-refractivity contribution is -0.580. The van der Waals surface area contributed by atoms with E-state index in [1.165, 1.54) is 20.8 Å². The lowest BCUT2D eigenvalue weighted by atomic mass is 9.93. The highest BCUT2D eigenvalue weighted by Gasteiger charge is 2.58. The Balaban J connectivity index is 3.25. The maximum Gasteiger partial charge on any atom is 0.255 e. The average molecular weight is 242 g/mol. The molecule has 6 nitrogen and oxygen atoms in total. The van der Waals surface area contributed by atoms with Gasteiger partial charge in [0.25, 0.3) is 5.71 Å². The molecule has 0 fully saturated rings. The van der Waals surface area contributed by atoms with Gasteiger partial charge in [0.2, 0.25) is 11.4 Å². The molecule has 1 aliphatic heterocycles. The number of hydrogen-bond acceptors (Lipinski definition) is 5. The Morgan fingerprint density at radius 2 is 1.82 bits per heavy atom. The normalized spacial score (nSPS) is 22.9. The second-order valence-corrected chi connectivity index (χ2v) is 5.31. The zero-order chi connectivity index (χ0) is 13.6. The lowest BCUT2D eigenvalue weighted by Crippen LogP contribution is -2.52. The summed E-state index contributed by atoms with van der Waals surface area (Å²) in [6.45, 7) is 7.45. The zero-order valence-electron chi connectivity index (χ0n) is 10.8. The van der Waals surface area contributed by atoms with Crippen molar-refractivity contribution in [3.05, 3.63) is 5.21 Å². The van der Waals surface area contributed by atoms with Gasteiger partial charge in [-0.1, -0.05) is 0 Å². The van der Waals surface area contributed by atoms with Crippen LogP contribution in [0.1, 0.15) is 41.0 Å². The van der Waals surface area contributed by atoms with E-state index in [0.717, 1.165) is 5.06 Å². The number of carbonyl (C=O) groups excluding carboxylic acids is 2. The molecule has 1 aliphatic rings. The SMILES string of the molecule is CC(=O)CC(=O)C1=[N+]([O-])C(C)(C)N(O)C1(C)C. The summed E-state index contributed by atoms with van der Waals surface area (Å²) in [6.07, 6.45) is -0.318. The molecule has 96 valence electrons. The number of hydroxylamine groups is 3. The summed E-state index contributed by atoms with van der Waals surface area (Å²) >= 11 is 0. The Hall–Kier alpha value is -1.27. The summed E-state index contributed by atoms with van der Waals surface area (Å²) in [5.41, 5.74) is -2.40. The van der Waals surface area contributed by atoms with Crippen LogP contribution in [-0.4, -0.2) is 43.5 Å². The number of carbonyl (C=O) groups is 2. The van der Waals surface area contributed by atoms with Gasteiger partial charge in [-0.05, 0) is 20.8 Å². The summed E-state index contributed by atoms with van der Waals surface area (Å²) in [5, 5.41) is 22.8. The van der Waals surface area contributed by atoms with Gasteiger partial charge < -0.3 is 10.4 Å². The predicted octanol–water partition coefficient (Wildman–Crippen LogP) is 0.705. The Morgan fingerprint density at radius 1 is 1.35 bits per heavy atom. The summed E-state index contributed by atoms with van der Waals surface area (Å²) in [4.78, 5) is 22.8. The molecule has 0 saturated heterocycles. The molecule has 1 heterocycles. The molecule has 0 spiro atoms. The second kappa shape index (κ2) is 3.89. The summed E-state index contributed by atoms with van der Waals surface area (Å²) in [7, 11) is 0. The van der Waals surface area contributed by atoms with Gasteiger partial charge in [0.15, 0.2) is 0 Å². The largest absolute Gasteiger partial charge is 0.622 e. The number of hydrogen-bond donors (Lipinski definition) is 1. The first kappa shape index (κ1) is 13.8. The van der Waals surface area contributed by atoms with E-state index in [0.29, 0.717) is 4.74 Å². The third-order valence-corrected chi connectivity index (χ3v) is 3.00. The van der Waals surface area contributed by atoms with Crippen LogP contribution < -0.4 is 0 Å². The fourth-order valence-electron chi connectivity index (χ4n) is 2.16. The van der Waals surface area contributed by atoms with Gasteiger partial charge in [0, 0.05) is 13.8 Å². The maximum absolute atomic E-state index is 12.0. The molecule has 0 aromatic heterocycles. The third-order valence-electron chi connectivity index (χ3n) is 3.00. The van der Waals surface area contributed by atoms with Crippen LogP contribution in [-0.2, 0) is 9.59 Å². The Bertz CT molecular complexity index is 410. The van der Waals surface area contributed by atoms with Gasteiger partial charge in [-0.2, -0.15) is 4.74 Å². The van der Waals surface area contributed by atoms with Crippen LogP contribution >= 0.6 is 0 Å². The molecule has 0 unspecified atom stereocenters. The Morgan fingerprint density at radius 3 is 2.12 bits per heavy atom. The van der Waals surface area contributed by atoms with Crippen molar-refractivity contribution < 1.29 is 19.5 Å². The first-order valence-electron chi connectivity index (χ1n) is 5.39. The molecule has 0 atom stereocenters. The van der Waals surface area contributed by atoms with Gasteiger partial charge in [-0.3, -0.25) is 9.59 Å². The molecule has 0 radical (unpaired) electrons. The molecule has 17 heavy (non-hydrogen) atoms. The minimum atomic E-state index is -1.22. The summed E-state index contributed by atoms with van der Waals surface area (Å²) in [5.74, 6) is -0.844. The van der Waals surface area contributed by atoms with Gasteiger partial charge in [-0.25, -0.2) is 0 Å². The number of ketones is 2. The van der Waals surface area contributed by atoms with Crippen molar-refractivity contribution >= 4 is 17.3 Å². The summed E-state index contributed by atoms with van der Waals surface area (Å²) in [6, 6.07) is 0. The predicted molar refractivity (Wildman–Crippen MR) is 60.7 cm³/mol. The first-order valence-corrected chi connectivity index (χ1v) is 5.39. The zero-order valence-corrected chi connectivity index (χ0v) is 10.8. The molecule has 0 aromatic carbocycles. The Kier molecular flexibility index (Phi) is 3.15. The average Bonchev–Trinajstić information content (AvgIpc) is 2.24. The molecule has 0 amide bonds. The highest BCUT2D eigenvalue weighted by atomic mass is 16.6. The Labute approximate surface area is 100 Å². The lowest BCUT2D eigenvalue weighted by Gasteiger charge is -2.29. The quantitative estimate of drug-likeness (QED) is 0.447. The van der Waals surface area contributed by atoms with Crippen molar-refractivity contribution in [1.82, 2.24) is 5.06 Å². The highest BCUT2D eigenvalue weighted by Crippen LogP contribution is 2.32. The van der Waals surface area contributed by atoms with Crippen molar-refractivity contribution in [3.63, 3.8) is 0 Å². The van der Waals surface area contributed by atoms with Crippen LogP contribution in [0.5, 0.6) is 0 Å². The van der Waals surface area contributed by atoms with Crippen LogP contribution in [0.15, 0.2) is 0 Å². The van der Waals surface area contributed by atoms with E-state index < -0.39 is 17.0 Å². The smallest absolute Gasteiger partial charge is 0.255 e. The molecule has 1 N–H and O–H groups in total. The monoisotopic (exact) mass is 242 g/mol. The van der Waals surface area contributed by atoms with Crippen LogP contribution in [0.25, 0.3) is 0 Å². The van der Waals surface area contributed by atoms with Crippen LogP contribution in [0.2, 0.25) is 0 Å². The first-order chi connectivity index (χ1) is 7.52. The molecule has 0 saturated carbocycles. The van der Waals surface area contributed by atoms with Crippen molar-refractivity contribution in [2.75, 3.05) is 0 Å². The number of nitrogens with zero attached hydrogens (tertiary/aromatic N) is 2.